The van der Waals surface area contributed by atoms with E-state index in [0.717, 1.165) is 0 Å². The molecule has 0 amide bonds. The summed E-state index contributed by atoms with van der Waals surface area (Å²) in [5.41, 5.74) is 0. The van der Waals surface area contributed by atoms with Crippen molar-refractivity contribution in [1.82, 2.24) is 4.57 Å². The summed E-state index contributed by atoms with van der Waals surface area (Å²) >= 11 is 0. The highest BCUT2D eigenvalue weighted by molar-refractivity contribution is 5.37. The summed E-state index contributed by atoms with van der Waals surface area (Å²) in [6.07, 6.45) is 0.922. The molecule has 0 fully saturated rings. The lowest BCUT2D eigenvalue weighted by Crippen LogP contribution is -2.08. The highest BCUT2D eigenvalue weighted by atomic mass is 19.1. The van der Waals surface area contributed by atoms with Gasteiger partial charge in [-0.2, -0.15) is 4.39 Å². The van der Waals surface area contributed by atoms with Crippen molar-refractivity contribution in [1.29, 1.82) is 0 Å². The smallest absolute Gasteiger partial charge is 0.295 e. The van der Waals surface area contributed by atoms with Gasteiger partial charge in [-0.1, -0.05) is 0 Å². The Labute approximate surface area is 63.4 Å². The Morgan fingerprint density at radius 2 is 2.55 bits per heavy atom. The highest BCUT2D eigenvalue weighted by Gasteiger charge is 2.06. The third-order valence-corrected chi connectivity index (χ3v) is 1.37. The van der Waals surface area contributed by atoms with E-state index in [1.54, 1.807) is 13.0 Å². The highest BCUT2D eigenvalue weighted by Crippen LogP contribution is 2.09. The van der Waals surface area contributed by atoms with Gasteiger partial charge in [0, 0.05) is 6.20 Å². The molecule has 0 aliphatic heterocycles. The van der Waals surface area contributed by atoms with E-state index in [2.05, 4.69) is 4.74 Å². The quantitative estimate of drug-likeness (QED) is 0.619. The molecule has 1 unspecified atom stereocenters. The number of hydrogen-bond donors (Lipinski definition) is 0. The van der Waals surface area contributed by atoms with E-state index >= 15 is 0 Å². The van der Waals surface area contributed by atoms with Crippen molar-refractivity contribution >= 4 is 6.47 Å². The van der Waals surface area contributed by atoms with Gasteiger partial charge >= 0.3 is 0 Å². The molecule has 1 atom stereocenters. The van der Waals surface area contributed by atoms with E-state index in [1.807, 2.05) is 0 Å². The third kappa shape index (κ3) is 1.58. The number of rotatable bonds is 3. The fourth-order valence-electron chi connectivity index (χ4n) is 0.813. The van der Waals surface area contributed by atoms with Crippen LogP contribution in [-0.4, -0.2) is 11.0 Å². The predicted molar refractivity (Wildman–Crippen MR) is 36.3 cm³/mol. The van der Waals surface area contributed by atoms with Gasteiger partial charge in [-0.3, -0.25) is 9.36 Å². The second-order valence-corrected chi connectivity index (χ2v) is 2.07. The van der Waals surface area contributed by atoms with Gasteiger partial charge in [0.25, 0.3) is 6.47 Å². The lowest BCUT2D eigenvalue weighted by molar-refractivity contribution is -0.137. The lowest BCUT2D eigenvalue weighted by Gasteiger charge is -2.10. The van der Waals surface area contributed by atoms with Crippen LogP contribution in [0.25, 0.3) is 0 Å². The average Bonchev–Trinajstić information content (AvgIpc) is 2.36. The van der Waals surface area contributed by atoms with Gasteiger partial charge in [-0.15, -0.1) is 0 Å². The fraction of sp³-hybridized carbons (Fsp3) is 0.286. The maximum absolute atomic E-state index is 12.7. The fourth-order valence-corrected chi connectivity index (χ4v) is 0.813. The Morgan fingerprint density at radius 3 is 3.00 bits per heavy atom. The van der Waals surface area contributed by atoms with Gasteiger partial charge < -0.3 is 4.74 Å². The minimum Gasteiger partial charge on any atom is -0.444 e. The molecule has 0 N–H and O–H groups in total. The zero-order chi connectivity index (χ0) is 8.27. The molecule has 3 nitrogen and oxygen atoms in total. The number of carbonyl (C=O) groups excluding carboxylic acids is 1. The van der Waals surface area contributed by atoms with Gasteiger partial charge in [-0.25, -0.2) is 0 Å². The Morgan fingerprint density at radius 1 is 1.82 bits per heavy atom. The van der Waals surface area contributed by atoms with Crippen LogP contribution in [0.2, 0.25) is 0 Å². The molecule has 1 aromatic rings. The zero-order valence-corrected chi connectivity index (χ0v) is 6.03. The van der Waals surface area contributed by atoms with Crippen molar-refractivity contribution in [2.45, 2.75) is 13.2 Å². The molecule has 0 aromatic carbocycles. The molecule has 0 bridgehead atoms. The lowest BCUT2D eigenvalue weighted by atomic mass is 10.6. The second-order valence-electron chi connectivity index (χ2n) is 2.07. The van der Waals surface area contributed by atoms with Crippen LogP contribution in [0.4, 0.5) is 4.39 Å². The van der Waals surface area contributed by atoms with Crippen LogP contribution < -0.4 is 0 Å². The van der Waals surface area contributed by atoms with Crippen LogP contribution in [-0.2, 0) is 9.53 Å². The van der Waals surface area contributed by atoms with E-state index < -0.39 is 12.2 Å². The van der Waals surface area contributed by atoms with E-state index in [0.29, 0.717) is 6.47 Å². The van der Waals surface area contributed by atoms with Crippen LogP contribution in [0.3, 0.4) is 0 Å². The molecule has 0 aliphatic carbocycles. The van der Waals surface area contributed by atoms with Crippen molar-refractivity contribution in [3.63, 3.8) is 0 Å². The van der Waals surface area contributed by atoms with E-state index in [-0.39, 0.29) is 0 Å². The van der Waals surface area contributed by atoms with Crippen molar-refractivity contribution in [2.24, 2.45) is 0 Å². The number of hydrogen-bond acceptors (Lipinski definition) is 2. The minimum absolute atomic E-state index is 0.296. The molecule has 0 aliphatic rings. The summed E-state index contributed by atoms with van der Waals surface area (Å²) in [6, 6.07) is 2.84. The predicted octanol–water partition coefficient (Wildman–Crippen LogP) is 1.32. The van der Waals surface area contributed by atoms with Crippen molar-refractivity contribution in [2.75, 3.05) is 0 Å². The third-order valence-electron chi connectivity index (χ3n) is 1.37. The largest absolute Gasteiger partial charge is 0.444 e. The van der Waals surface area contributed by atoms with Gasteiger partial charge in [-0.05, 0) is 19.1 Å². The van der Waals surface area contributed by atoms with Crippen LogP contribution in [0, 0.1) is 5.95 Å². The molecular formula is C7H8FNO2. The summed E-state index contributed by atoms with van der Waals surface area (Å²) in [7, 11) is 0. The normalized spacial score (nSPS) is 12.5. The monoisotopic (exact) mass is 157 g/mol. The van der Waals surface area contributed by atoms with Gasteiger partial charge in [0.05, 0.1) is 0 Å². The van der Waals surface area contributed by atoms with Crippen LogP contribution >= 0.6 is 0 Å². The first kappa shape index (κ1) is 7.78. The number of halogens is 1. The van der Waals surface area contributed by atoms with Crippen molar-refractivity contribution < 1.29 is 13.9 Å². The first-order chi connectivity index (χ1) is 5.25. The van der Waals surface area contributed by atoms with Gasteiger partial charge in [0.1, 0.15) is 0 Å². The summed E-state index contributed by atoms with van der Waals surface area (Å²) in [5.74, 6) is -0.417. The first-order valence-corrected chi connectivity index (χ1v) is 3.17. The number of carbonyl (C=O) groups is 1. The molecule has 1 heterocycles. The molecule has 4 heteroatoms. The van der Waals surface area contributed by atoms with Crippen LogP contribution in [0.1, 0.15) is 13.2 Å². The van der Waals surface area contributed by atoms with Crippen molar-refractivity contribution in [3.05, 3.63) is 24.3 Å². The maximum Gasteiger partial charge on any atom is 0.295 e. The Balaban J connectivity index is 2.74. The second kappa shape index (κ2) is 3.18. The topological polar surface area (TPSA) is 31.2 Å². The van der Waals surface area contributed by atoms with E-state index in [9.17, 15) is 9.18 Å². The Bertz CT molecular complexity index is 246. The number of nitrogens with zero attached hydrogens (tertiary/aromatic N) is 1. The molecule has 60 valence electrons. The van der Waals surface area contributed by atoms with Crippen LogP contribution in [0.5, 0.6) is 0 Å². The summed E-state index contributed by atoms with van der Waals surface area (Å²) in [4.78, 5) is 9.86. The molecule has 0 saturated carbocycles. The van der Waals surface area contributed by atoms with Gasteiger partial charge in [0.2, 0.25) is 0 Å². The molecular weight excluding hydrogens is 149 g/mol. The molecule has 0 radical (unpaired) electrons. The zero-order valence-electron chi connectivity index (χ0n) is 6.03. The molecule has 1 rings (SSSR count). The van der Waals surface area contributed by atoms with E-state index in [4.69, 9.17) is 0 Å². The minimum atomic E-state index is -0.581. The van der Waals surface area contributed by atoms with Crippen LogP contribution in [0.15, 0.2) is 18.3 Å². The maximum atomic E-state index is 12.7. The first-order valence-electron chi connectivity index (χ1n) is 3.17. The number of ether oxygens (including phenoxy) is 1. The number of aromatic nitrogens is 1. The standard InChI is InChI=1S/C7H8FNO2/c1-6(11-5-10)9-4-2-3-7(9)8/h2-6H,1H3. The average molecular weight is 157 g/mol. The van der Waals surface area contributed by atoms with Crippen molar-refractivity contribution in [3.8, 4) is 0 Å². The Kier molecular flexibility index (Phi) is 2.25. The summed E-state index contributed by atoms with van der Waals surface area (Å²) in [6.45, 7) is 1.88. The Hall–Kier alpha value is -1.32. The molecule has 11 heavy (non-hydrogen) atoms. The summed E-state index contributed by atoms with van der Waals surface area (Å²) < 4.78 is 18.4. The van der Waals surface area contributed by atoms with E-state index in [1.165, 1.54) is 16.8 Å². The molecule has 0 spiro atoms. The summed E-state index contributed by atoms with van der Waals surface area (Å²) in [5, 5.41) is 0. The molecule has 0 saturated heterocycles. The molecule has 1 aromatic heterocycles. The SMILES string of the molecule is CC(OC=O)n1cccc1F. The van der Waals surface area contributed by atoms with Gasteiger partial charge in [0.15, 0.2) is 12.2 Å².